The lowest BCUT2D eigenvalue weighted by Crippen LogP contribution is -2.41. The van der Waals surface area contributed by atoms with Gasteiger partial charge in [-0.3, -0.25) is 24.4 Å². The van der Waals surface area contributed by atoms with E-state index in [2.05, 4.69) is 15.9 Å². The first-order valence-electron chi connectivity index (χ1n) is 11.1. The van der Waals surface area contributed by atoms with Crippen molar-refractivity contribution >= 4 is 40.7 Å². The summed E-state index contributed by atoms with van der Waals surface area (Å²) in [6.07, 6.45) is 12.8. The Morgan fingerprint density at radius 1 is 0.941 bits per heavy atom. The Labute approximate surface area is 210 Å². The number of ether oxygens (including phenoxy) is 1. The van der Waals surface area contributed by atoms with Crippen LogP contribution in [0.2, 0.25) is 10.0 Å². The molecule has 34 heavy (non-hydrogen) atoms. The number of hydrogen-bond acceptors (Lipinski definition) is 6. The SMILES string of the molecule is C#CC1(c2ncccc2Cl)CCC(=O)CC1.COC(=O)C1(c2ncccc2Cl)CCC(=O)CC1.[2HH]. The van der Waals surface area contributed by atoms with E-state index in [1.165, 1.54) is 7.11 Å². The Bertz CT molecular complexity index is 1110. The third-order valence-corrected chi connectivity index (χ3v) is 7.21. The fourth-order valence-corrected chi connectivity index (χ4v) is 5.17. The molecule has 0 spiro atoms. The maximum Gasteiger partial charge on any atom is 0.317 e. The normalized spacial score (nSPS) is 18.8. The first-order chi connectivity index (χ1) is 16.3. The van der Waals surface area contributed by atoms with Gasteiger partial charge in [0.25, 0.3) is 0 Å². The molecule has 0 unspecified atom stereocenters. The van der Waals surface area contributed by atoms with Crippen LogP contribution in [0.25, 0.3) is 0 Å². The van der Waals surface area contributed by atoms with Gasteiger partial charge in [0.15, 0.2) is 0 Å². The zero-order chi connectivity index (χ0) is 24.8. The fourth-order valence-electron chi connectivity index (χ4n) is 4.57. The standard InChI is InChI=1S/C13H14ClNO3.C13H12ClNO.H2/c1-18-12(17)13(6-4-9(16)5-7-13)11-10(14)3-2-8-15-11;1-2-13(7-5-10(16)6-8-13)12-11(14)4-3-9-15-12;/h2-3,8H,4-7H2,1H3;1,3-4,9H,5-8H2;1H/i;;1+1. The number of hydrogen-bond donors (Lipinski definition) is 0. The Kier molecular flexibility index (Phi) is 8.46. The van der Waals surface area contributed by atoms with Crippen molar-refractivity contribution in [3.8, 4) is 12.3 Å². The van der Waals surface area contributed by atoms with Crippen LogP contribution in [0.1, 0.15) is 64.2 Å². The lowest BCUT2D eigenvalue weighted by Gasteiger charge is -2.33. The van der Waals surface area contributed by atoms with Gasteiger partial charge in [-0.2, -0.15) is 0 Å². The van der Waals surface area contributed by atoms with Crippen LogP contribution in [0, 0.1) is 12.3 Å². The zero-order valence-corrected chi connectivity index (χ0v) is 20.5. The molecule has 0 radical (unpaired) electrons. The Hall–Kier alpha value is -2.75. The number of rotatable bonds is 3. The molecule has 0 N–H and O–H groups in total. The lowest BCUT2D eigenvalue weighted by molar-refractivity contribution is -0.149. The number of halogens is 2. The van der Waals surface area contributed by atoms with Crippen molar-refractivity contribution in [2.75, 3.05) is 7.11 Å². The highest BCUT2D eigenvalue weighted by Crippen LogP contribution is 2.41. The maximum absolute atomic E-state index is 12.1. The average molecular weight is 504 g/mol. The van der Waals surface area contributed by atoms with E-state index in [1.54, 1.807) is 36.7 Å². The van der Waals surface area contributed by atoms with Gasteiger partial charge in [-0.25, -0.2) is 0 Å². The van der Waals surface area contributed by atoms with E-state index in [9.17, 15) is 14.4 Å². The minimum atomic E-state index is -0.874. The highest BCUT2D eigenvalue weighted by atomic mass is 35.5. The van der Waals surface area contributed by atoms with Crippen LogP contribution in [-0.2, 0) is 30.0 Å². The van der Waals surface area contributed by atoms with Crippen molar-refractivity contribution in [3.63, 3.8) is 0 Å². The third kappa shape index (κ3) is 5.32. The lowest BCUT2D eigenvalue weighted by atomic mass is 9.71. The summed E-state index contributed by atoms with van der Waals surface area (Å²) in [5, 5.41) is 1.03. The number of esters is 1. The monoisotopic (exact) mass is 503 g/mol. The maximum atomic E-state index is 12.1. The number of ketones is 2. The topological polar surface area (TPSA) is 86.2 Å². The van der Waals surface area contributed by atoms with Crippen molar-refractivity contribution in [3.05, 3.63) is 58.1 Å². The summed E-state index contributed by atoms with van der Waals surface area (Å²) in [7, 11) is 1.34. The third-order valence-electron chi connectivity index (χ3n) is 6.60. The Balaban J connectivity index is 0.000000241. The molecule has 2 aromatic rings. The molecule has 180 valence electrons. The minimum absolute atomic E-state index is 0. The summed E-state index contributed by atoms with van der Waals surface area (Å²) in [4.78, 5) is 43.3. The van der Waals surface area contributed by atoms with Crippen LogP contribution in [0.5, 0.6) is 0 Å². The predicted octanol–water partition coefficient (Wildman–Crippen LogP) is 5.28. The van der Waals surface area contributed by atoms with Gasteiger partial charge in [0.2, 0.25) is 0 Å². The van der Waals surface area contributed by atoms with Crippen molar-refractivity contribution in [1.82, 2.24) is 9.97 Å². The quantitative estimate of drug-likeness (QED) is 0.418. The van der Waals surface area contributed by atoms with Crippen molar-refractivity contribution in [2.24, 2.45) is 0 Å². The molecule has 2 aliphatic rings. The van der Waals surface area contributed by atoms with E-state index in [-0.39, 0.29) is 19.0 Å². The average Bonchev–Trinajstić information content (AvgIpc) is 2.86. The van der Waals surface area contributed by atoms with Gasteiger partial charge in [0.1, 0.15) is 17.0 Å². The van der Waals surface area contributed by atoms with E-state index in [0.717, 1.165) is 5.69 Å². The van der Waals surface area contributed by atoms with Crippen molar-refractivity contribution in [2.45, 2.75) is 62.2 Å². The number of aromatic nitrogens is 2. The number of carbonyl (C=O) groups excluding carboxylic acids is 3. The first-order valence-corrected chi connectivity index (χ1v) is 11.9. The highest BCUT2D eigenvalue weighted by Gasteiger charge is 2.46. The number of terminal acetylenes is 1. The zero-order valence-electron chi connectivity index (χ0n) is 19.0. The fraction of sp³-hybridized carbons (Fsp3) is 0.423. The van der Waals surface area contributed by atoms with Gasteiger partial charge >= 0.3 is 5.97 Å². The summed E-state index contributed by atoms with van der Waals surface area (Å²) in [6.45, 7) is 0. The molecule has 2 saturated carbocycles. The summed E-state index contributed by atoms with van der Waals surface area (Å²) in [6, 6.07) is 6.99. The van der Waals surface area contributed by atoms with Gasteiger partial charge in [-0.05, 0) is 49.9 Å². The van der Waals surface area contributed by atoms with E-state index in [4.69, 9.17) is 34.4 Å². The van der Waals surface area contributed by atoms with E-state index >= 15 is 0 Å². The molecule has 0 aromatic carbocycles. The van der Waals surface area contributed by atoms with Crippen LogP contribution in [-0.4, -0.2) is 34.6 Å². The molecule has 2 heterocycles. The second-order valence-corrected chi connectivity index (χ2v) is 9.36. The molecule has 8 heteroatoms. The molecule has 2 aliphatic carbocycles. The molecule has 6 nitrogen and oxygen atoms in total. The van der Waals surface area contributed by atoms with Gasteiger partial charge in [0.05, 0.1) is 34.0 Å². The van der Waals surface area contributed by atoms with E-state index < -0.39 is 10.8 Å². The molecule has 0 amide bonds. The van der Waals surface area contributed by atoms with Crippen LogP contribution in [0.4, 0.5) is 0 Å². The molecule has 0 aliphatic heterocycles. The van der Waals surface area contributed by atoms with Crippen LogP contribution < -0.4 is 0 Å². The smallest absolute Gasteiger partial charge is 0.317 e. The second kappa shape index (κ2) is 11.1. The van der Waals surface area contributed by atoms with Gasteiger partial charge in [-0.1, -0.05) is 29.1 Å². The molecule has 0 bridgehead atoms. The number of pyridine rings is 2. The minimum Gasteiger partial charge on any atom is -0.468 e. The summed E-state index contributed by atoms with van der Waals surface area (Å²) < 4.78 is 4.89. The Morgan fingerprint density at radius 2 is 1.41 bits per heavy atom. The van der Waals surface area contributed by atoms with Gasteiger partial charge in [-0.15, -0.1) is 6.42 Å². The molecule has 0 atom stereocenters. The molecule has 4 rings (SSSR count). The first kappa shape index (κ1) is 25.9. The van der Waals surface area contributed by atoms with Gasteiger partial charge in [0, 0.05) is 39.5 Å². The molecular formula is C26H28Cl2N2O4. The largest absolute Gasteiger partial charge is 0.468 e. The number of nitrogens with zero attached hydrogens (tertiary/aromatic N) is 2. The van der Waals surface area contributed by atoms with Crippen molar-refractivity contribution in [1.29, 1.82) is 0 Å². The van der Waals surface area contributed by atoms with Crippen LogP contribution in [0.15, 0.2) is 36.7 Å². The molecule has 2 aromatic heterocycles. The molecule has 0 saturated heterocycles. The Morgan fingerprint density at radius 3 is 1.85 bits per heavy atom. The van der Waals surface area contributed by atoms with Crippen LogP contribution >= 0.6 is 23.2 Å². The predicted molar refractivity (Wildman–Crippen MR) is 132 cm³/mol. The van der Waals surface area contributed by atoms with E-state index in [1.807, 2.05) is 0 Å². The van der Waals surface area contributed by atoms with Crippen molar-refractivity contribution < 1.29 is 20.5 Å². The summed E-state index contributed by atoms with van der Waals surface area (Å²) in [5.74, 6) is 2.87. The summed E-state index contributed by atoms with van der Waals surface area (Å²) >= 11 is 12.2. The molecular weight excluding hydrogens is 475 g/mol. The summed E-state index contributed by atoms with van der Waals surface area (Å²) in [5.41, 5.74) is -0.0644. The number of carbonyl (C=O) groups is 3. The highest BCUT2D eigenvalue weighted by molar-refractivity contribution is 6.31. The molecule has 2 fully saturated rings. The van der Waals surface area contributed by atoms with E-state index in [0.29, 0.717) is 67.1 Å². The van der Waals surface area contributed by atoms with Crippen LogP contribution in [0.3, 0.4) is 0 Å². The second-order valence-electron chi connectivity index (χ2n) is 8.55. The van der Waals surface area contributed by atoms with Gasteiger partial charge < -0.3 is 4.74 Å². The number of Topliss-reactive ketones (excluding diaryl/α,β-unsaturated/α-hetero) is 2. The number of methoxy groups -OCH3 is 1.